The molecule has 1 saturated carbocycles. The van der Waals surface area contributed by atoms with E-state index in [9.17, 15) is 4.79 Å². The molecule has 0 radical (unpaired) electrons. The first-order chi connectivity index (χ1) is 9.34. The molecule has 5 heteroatoms. The number of hydrogen-bond acceptors (Lipinski definition) is 3. The van der Waals surface area contributed by atoms with Gasteiger partial charge in [-0.2, -0.15) is 5.10 Å². The third kappa shape index (κ3) is 3.20. The molecule has 20 heavy (non-hydrogen) atoms. The van der Waals surface area contributed by atoms with Gasteiger partial charge in [-0.3, -0.25) is 9.48 Å². The van der Waals surface area contributed by atoms with Crippen LogP contribution in [0.1, 0.15) is 55.7 Å². The smallest absolute Gasteiger partial charge is 0.274 e. The van der Waals surface area contributed by atoms with Crippen molar-refractivity contribution in [1.82, 2.24) is 20.0 Å². The number of likely N-dealkylation sites (N-methyl/N-ethyl adjacent to an activating group) is 2. The Morgan fingerprint density at radius 2 is 2.15 bits per heavy atom. The normalized spacial score (nSPS) is 15.4. The van der Waals surface area contributed by atoms with Gasteiger partial charge in [0.25, 0.3) is 5.91 Å². The van der Waals surface area contributed by atoms with Crippen LogP contribution in [0.15, 0.2) is 6.07 Å². The second-order valence-corrected chi connectivity index (χ2v) is 6.64. The molecule has 5 nitrogen and oxygen atoms in total. The van der Waals surface area contributed by atoms with Gasteiger partial charge in [0.05, 0.1) is 5.54 Å². The number of aromatic nitrogens is 2. The lowest BCUT2D eigenvalue weighted by Crippen LogP contribution is -2.33. The van der Waals surface area contributed by atoms with Crippen LogP contribution < -0.4 is 5.32 Å². The standard InChI is InChI=1S/C15H26N4O/c1-15(2,3)19-13(11-6-7-11)10-12(17-19)14(20)18(5)9-8-16-4/h10-11,16H,6-9H2,1-5H3. The second-order valence-electron chi connectivity index (χ2n) is 6.64. The molecular weight excluding hydrogens is 252 g/mol. The highest BCUT2D eigenvalue weighted by atomic mass is 16.2. The van der Waals surface area contributed by atoms with Crippen LogP contribution in [-0.4, -0.2) is 47.8 Å². The highest BCUT2D eigenvalue weighted by Gasteiger charge is 2.32. The first-order valence-electron chi connectivity index (χ1n) is 7.35. The zero-order valence-electron chi connectivity index (χ0n) is 13.2. The lowest BCUT2D eigenvalue weighted by Gasteiger charge is -2.22. The van der Waals surface area contributed by atoms with Crippen molar-refractivity contribution in [3.63, 3.8) is 0 Å². The van der Waals surface area contributed by atoms with Gasteiger partial charge >= 0.3 is 0 Å². The SMILES string of the molecule is CNCCN(C)C(=O)c1cc(C2CC2)n(C(C)(C)C)n1. The molecule has 0 aliphatic heterocycles. The van der Waals surface area contributed by atoms with Crippen LogP contribution in [0.4, 0.5) is 0 Å². The first-order valence-corrected chi connectivity index (χ1v) is 7.35. The maximum absolute atomic E-state index is 12.4. The van der Waals surface area contributed by atoms with Crippen LogP contribution in [0.2, 0.25) is 0 Å². The maximum Gasteiger partial charge on any atom is 0.274 e. The molecule has 0 spiro atoms. The molecule has 0 saturated heterocycles. The van der Waals surface area contributed by atoms with Gasteiger partial charge in [0.15, 0.2) is 5.69 Å². The van der Waals surface area contributed by atoms with Crippen LogP contribution in [0, 0.1) is 0 Å². The average Bonchev–Trinajstić information content (AvgIpc) is 3.12. The van der Waals surface area contributed by atoms with Crippen molar-refractivity contribution >= 4 is 5.91 Å². The number of carbonyl (C=O) groups is 1. The lowest BCUT2D eigenvalue weighted by molar-refractivity contribution is 0.0789. The Balaban J connectivity index is 2.22. The number of carbonyl (C=O) groups excluding carboxylic acids is 1. The van der Waals surface area contributed by atoms with E-state index in [1.807, 2.05) is 24.8 Å². The topological polar surface area (TPSA) is 50.2 Å². The molecule has 1 heterocycles. The van der Waals surface area contributed by atoms with Gasteiger partial charge in [-0.1, -0.05) is 0 Å². The first kappa shape index (κ1) is 15.0. The van der Waals surface area contributed by atoms with Gasteiger partial charge in [-0.05, 0) is 46.7 Å². The quantitative estimate of drug-likeness (QED) is 0.893. The summed E-state index contributed by atoms with van der Waals surface area (Å²) in [5.41, 5.74) is 1.70. The van der Waals surface area contributed by atoms with Gasteiger partial charge in [-0.25, -0.2) is 0 Å². The van der Waals surface area contributed by atoms with Gasteiger partial charge in [0.1, 0.15) is 0 Å². The van der Waals surface area contributed by atoms with E-state index in [2.05, 4.69) is 31.2 Å². The second kappa shape index (κ2) is 5.56. The Hall–Kier alpha value is -1.36. The zero-order valence-corrected chi connectivity index (χ0v) is 13.2. The summed E-state index contributed by atoms with van der Waals surface area (Å²) in [6, 6.07) is 1.99. The molecule has 1 aliphatic carbocycles. The van der Waals surface area contributed by atoms with Crippen molar-refractivity contribution in [3.05, 3.63) is 17.5 Å². The van der Waals surface area contributed by atoms with E-state index >= 15 is 0 Å². The van der Waals surface area contributed by atoms with E-state index in [1.165, 1.54) is 18.5 Å². The molecule has 1 N–H and O–H groups in total. The Kier molecular flexibility index (Phi) is 4.18. The van der Waals surface area contributed by atoms with Gasteiger partial charge < -0.3 is 10.2 Å². The summed E-state index contributed by atoms with van der Waals surface area (Å²) < 4.78 is 2.03. The van der Waals surface area contributed by atoms with Crippen molar-refractivity contribution in [2.24, 2.45) is 0 Å². The van der Waals surface area contributed by atoms with Crippen LogP contribution in [0.5, 0.6) is 0 Å². The monoisotopic (exact) mass is 278 g/mol. The molecule has 1 amide bonds. The minimum absolute atomic E-state index is 0.00477. The van der Waals surface area contributed by atoms with Crippen molar-refractivity contribution in [1.29, 1.82) is 0 Å². The minimum atomic E-state index is -0.0833. The van der Waals surface area contributed by atoms with Crippen LogP contribution in [-0.2, 0) is 5.54 Å². The largest absolute Gasteiger partial charge is 0.339 e. The van der Waals surface area contributed by atoms with Crippen LogP contribution in [0.3, 0.4) is 0 Å². The Bertz CT molecular complexity index is 483. The number of rotatable bonds is 5. The molecule has 0 atom stereocenters. The Morgan fingerprint density at radius 1 is 1.50 bits per heavy atom. The summed E-state index contributed by atoms with van der Waals surface area (Å²) in [6.45, 7) is 7.87. The summed E-state index contributed by atoms with van der Waals surface area (Å²) in [4.78, 5) is 14.1. The van der Waals surface area contributed by atoms with Crippen LogP contribution >= 0.6 is 0 Å². The van der Waals surface area contributed by atoms with Crippen molar-refractivity contribution < 1.29 is 4.79 Å². The third-order valence-corrected chi connectivity index (χ3v) is 3.63. The zero-order chi connectivity index (χ0) is 14.9. The molecule has 0 bridgehead atoms. The summed E-state index contributed by atoms with van der Waals surface area (Å²) in [5.74, 6) is 0.594. The minimum Gasteiger partial charge on any atom is -0.339 e. The van der Waals surface area contributed by atoms with Gasteiger partial charge in [-0.15, -0.1) is 0 Å². The van der Waals surface area contributed by atoms with E-state index in [4.69, 9.17) is 0 Å². The number of amides is 1. The Morgan fingerprint density at radius 3 is 2.65 bits per heavy atom. The number of nitrogens with zero attached hydrogens (tertiary/aromatic N) is 3. The highest BCUT2D eigenvalue weighted by molar-refractivity contribution is 5.92. The Labute approximate surface area is 121 Å². The fourth-order valence-corrected chi connectivity index (χ4v) is 2.28. The van der Waals surface area contributed by atoms with Gasteiger partial charge in [0, 0.05) is 31.7 Å². The number of nitrogens with one attached hydrogen (secondary N) is 1. The van der Waals surface area contributed by atoms with Crippen LogP contribution in [0.25, 0.3) is 0 Å². The summed E-state index contributed by atoms with van der Waals surface area (Å²) >= 11 is 0. The van der Waals surface area contributed by atoms with Crippen molar-refractivity contribution in [3.8, 4) is 0 Å². The molecule has 1 aromatic heterocycles. The van der Waals surface area contributed by atoms with E-state index in [-0.39, 0.29) is 11.4 Å². The van der Waals surface area contributed by atoms with E-state index in [0.29, 0.717) is 18.2 Å². The van der Waals surface area contributed by atoms with E-state index in [0.717, 1.165) is 6.54 Å². The lowest BCUT2D eigenvalue weighted by atomic mass is 10.1. The van der Waals surface area contributed by atoms with Gasteiger partial charge in [0.2, 0.25) is 0 Å². The molecule has 112 valence electrons. The summed E-state index contributed by atoms with van der Waals surface area (Å²) in [6.07, 6.45) is 2.43. The fraction of sp³-hybridized carbons (Fsp3) is 0.733. The molecule has 1 fully saturated rings. The third-order valence-electron chi connectivity index (χ3n) is 3.63. The molecule has 2 rings (SSSR count). The fourth-order valence-electron chi connectivity index (χ4n) is 2.28. The molecule has 1 aliphatic rings. The predicted octanol–water partition coefficient (Wildman–Crippen LogP) is 1.81. The number of hydrogen-bond donors (Lipinski definition) is 1. The predicted molar refractivity (Wildman–Crippen MR) is 80.1 cm³/mol. The molecular formula is C15H26N4O. The summed E-state index contributed by atoms with van der Waals surface area (Å²) in [5, 5.41) is 7.63. The average molecular weight is 278 g/mol. The molecule has 0 aromatic carbocycles. The maximum atomic E-state index is 12.4. The summed E-state index contributed by atoms with van der Waals surface area (Å²) in [7, 11) is 3.71. The van der Waals surface area contributed by atoms with E-state index in [1.54, 1.807) is 4.90 Å². The molecule has 0 unspecified atom stereocenters. The van der Waals surface area contributed by atoms with E-state index < -0.39 is 0 Å². The molecule has 1 aromatic rings. The van der Waals surface area contributed by atoms with Crippen molar-refractivity contribution in [2.75, 3.05) is 27.2 Å². The highest BCUT2D eigenvalue weighted by Crippen LogP contribution is 2.41. The van der Waals surface area contributed by atoms with Crippen molar-refractivity contribution in [2.45, 2.75) is 45.1 Å².